The van der Waals surface area contributed by atoms with Crippen LogP contribution in [0.15, 0.2) is 72.9 Å². The summed E-state index contributed by atoms with van der Waals surface area (Å²) < 4.78 is 44.5. The van der Waals surface area contributed by atoms with Crippen molar-refractivity contribution in [3.8, 4) is 11.8 Å². The molecular formula is C24H17F3N4O3. The van der Waals surface area contributed by atoms with Crippen molar-refractivity contribution in [3.63, 3.8) is 0 Å². The molecule has 0 saturated heterocycles. The molecule has 4 aromatic rings. The molecule has 0 aliphatic rings. The number of benzene rings is 3. The van der Waals surface area contributed by atoms with Crippen molar-refractivity contribution in [2.24, 2.45) is 0 Å². The van der Waals surface area contributed by atoms with E-state index >= 15 is 0 Å². The molecule has 34 heavy (non-hydrogen) atoms. The average molecular weight is 466 g/mol. The first kappa shape index (κ1) is 22.7. The Bertz CT molecular complexity index is 1390. The first-order chi connectivity index (χ1) is 16.2. The number of nitrogens with one attached hydrogen (secondary N) is 2. The smallest absolute Gasteiger partial charge is 0.416 e. The summed E-state index contributed by atoms with van der Waals surface area (Å²) in [6.07, 6.45) is -3.12. The fraction of sp³-hybridized carbons (Fsp3) is 0.0833. The van der Waals surface area contributed by atoms with E-state index in [-0.39, 0.29) is 28.9 Å². The Morgan fingerprint density at radius 1 is 0.941 bits per heavy atom. The number of hydrogen-bond acceptors (Lipinski definition) is 5. The van der Waals surface area contributed by atoms with Gasteiger partial charge in [-0.2, -0.15) is 18.2 Å². The van der Waals surface area contributed by atoms with E-state index in [4.69, 9.17) is 4.74 Å². The van der Waals surface area contributed by atoms with Crippen LogP contribution in [0.5, 0.6) is 11.8 Å². The van der Waals surface area contributed by atoms with Crippen LogP contribution in [-0.2, 0) is 6.18 Å². The normalized spacial score (nSPS) is 11.2. The Labute approximate surface area is 191 Å². The van der Waals surface area contributed by atoms with Crippen molar-refractivity contribution < 1.29 is 27.5 Å². The van der Waals surface area contributed by atoms with E-state index in [9.17, 15) is 22.8 Å². The number of carbonyl (C=O) groups excluding carboxylic acids is 2. The zero-order valence-corrected chi connectivity index (χ0v) is 17.7. The first-order valence-corrected chi connectivity index (χ1v) is 9.99. The van der Waals surface area contributed by atoms with Gasteiger partial charge in [-0.05, 0) is 59.3 Å². The van der Waals surface area contributed by atoms with E-state index in [1.165, 1.54) is 31.4 Å². The van der Waals surface area contributed by atoms with E-state index in [2.05, 4.69) is 20.6 Å². The van der Waals surface area contributed by atoms with E-state index in [1.807, 2.05) is 0 Å². The third-order valence-corrected chi connectivity index (χ3v) is 4.85. The highest BCUT2D eigenvalue weighted by Crippen LogP contribution is 2.31. The van der Waals surface area contributed by atoms with Gasteiger partial charge in [0.05, 0.1) is 5.56 Å². The van der Waals surface area contributed by atoms with E-state index in [0.29, 0.717) is 16.5 Å². The topological polar surface area (TPSA) is 93.2 Å². The van der Waals surface area contributed by atoms with Crippen molar-refractivity contribution >= 4 is 28.3 Å². The Kier molecular flexibility index (Phi) is 6.13. The van der Waals surface area contributed by atoms with Gasteiger partial charge in [0.15, 0.2) is 0 Å². The summed E-state index contributed by atoms with van der Waals surface area (Å²) in [5.41, 5.74) is -0.404. The van der Waals surface area contributed by atoms with Crippen molar-refractivity contribution in [1.82, 2.24) is 15.3 Å². The summed E-state index contributed by atoms with van der Waals surface area (Å²) in [6.45, 7) is 0. The molecule has 3 aromatic carbocycles. The molecule has 1 aromatic heterocycles. The summed E-state index contributed by atoms with van der Waals surface area (Å²) in [4.78, 5) is 32.6. The highest BCUT2D eigenvalue weighted by atomic mass is 19.4. The third-order valence-electron chi connectivity index (χ3n) is 4.85. The molecule has 1 heterocycles. The number of carbonyl (C=O) groups is 2. The van der Waals surface area contributed by atoms with Crippen LogP contribution < -0.4 is 15.4 Å². The predicted octanol–water partition coefficient (Wildman–Crippen LogP) is 5.05. The van der Waals surface area contributed by atoms with Gasteiger partial charge in [-0.3, -0.25) is 9.59 Å². The Balaban J connectivity index is 1.58. The van der Waals surface area contributed by atoms with Gasteiger partial charge in [-0.25, -0.2) is 4.98 Å². The molecule has 4 rings (SSSR count). The van der Waals surface area contributed by atoms with Gasteiger partial charge >= 0.3 is 12.2 Å². The largest absolute Gasteiger partial charge is 0.424 e. The van der Waals surface area contributed by atoms with E-state index in [1.54, 1.807) is 36.4 Å². The van der Waals surface area contributed by atoms with Gasteiger partial charge in [0.2, 0.25) is 0 Å². The van der Waals surface area contributed by atoms with Gasteiger partial charge in [0, 0.05) is 24.5 Å². The van der Waals surface area contributed by atoms with Crippen molar-refractivity contribution in [2.75, 3.05) is 12.4 Å². The number of ether oxygens (including phenoxy) is 1. The molecule has 0 radical (unpaired) electrons. The lowest BCUT2D eigenvalue weighted by molar-refractivity contribution is -0.137. The van der Waals surface area contributed by atoms with Gasteiger partial charge in [0.25, 0.3) is 11.8 Å². The zero-order chi connectivity index (χ0) is 24.3. The lowest BCUT2D eigenvalue weighted by atomic mass is 10.0. The maximum absolute atomic E-state index is 13.0. The molecule has 2 amide bonds. The molecule has 10 heteroatoms. The molecule has 172 valence electrons. The summed E-state index contributed by atoms with van der Waals surface area (Å²) in [6, 6.07) is 15.7. The molecule has 0 bridgehead atoms. The minimum Gasteiger partial charge on any atom is -0.424 e. The fourth-order valence-electron chi connectivity index (χ4n) is 3.24. The molecule has 0 fully saturated rings. The number of aromatic nitrogens is 2. The number of nitrogens with zero attached hydrogens (tertiary/aromatic N) is 2. The second kappa shape index (κ2) is 9.18. The minimum absolute atomic E-state index is 0.0288. The molecule has 0 saturated carbocycles. The number of rotatable bonds is 5. The summed E-state index contributed by atoms with van der Waals surface area (Å²) in [5, 5.41) is 6.19. The standard InChI is InChI=1S/C24H17F3N4O3/c1-28-22(33)20-10-11-29-23(31-20)34-17-8-9-18-14(12-17)4-2-7-19(18)21(32)30-16-6-3-5-15(13-16)24(25,26)27/h2-13H,1H3,(H,28,33)(H,30,32). The second-order valence-electron chi connectivity index (χ2n) is 7.13. The average Bonchev–Trinajstić information content (AvgIpc) is 2.82. The number of halogens is 3. The number of hydrogen-bond donors (Lipinski definition) is 2. The second-order valence-corrected chi connectivity index (χ2v) is 7.13. The van der Waals surface area contributed by atoms with E-state index < -0.39 is 17.6 Å². The fourth-order valence-corrected chi connectivity index (χ4v) is 3.24. The van der Waals surface area contributed by atoms with Crippen LogP contribution in [-0.4, -0.2) is 28.8 Å². The number of fused-ring (bicyclic) bond motifs is 1. The summed E-state index contributed by atoms with van der Waals surface area (Å²) in [7, 11) is 1.48. The highest BCUT2D eigenvalue weighted by molar-refractivity contribution is 6.13. The van der Waals surface area contributed by atoms with E-state index in [0.717, 1.165) is 12.1 Å². The molecule has 2 N–H and O–H groups in total. The lowest BCUT2D eigenvalue weighted by Crippen LogP contribution is -2.19. The maximum Gasteiger partial charge on any atom is 0.416 e. The molecule has 0 aliphatic heterocycles. The molecule has 0 aliphatic carbocycles. The van der Waals surface area contributed by atoms with Crippen LogP contribution in [0.25, 0.3) is 10.8 Å². The van der Waals surface area contributed by atoms with Crippen LogP contribution in [0.4, 0.5) is 18.9 Å². The van der Waals surface area contributed by atoms with Gasteiger partial charge in [-0.1, -0.05) is 18.2 Å². The van der Waals surface area contributed by atoms with Crippen LogP contribution in [0, 0.1) is 0 Å². The van der Waals surface area contributed by atoms with Gasteiger partial charge < -0.3 is 15.4 Å². The van der Waals surface area contributed by atoms with Crippen LogP contribution in [0.3, 0.4) is 0 Å². The van der Waals surface area contributed by atoms with Crippen LogP contribution in [0.2, 0.25) is 0 Å². The molecular weight excluding hydrogens is 449 g/mol. The Hall–Kier alpha value is -4.47. The van der Waals surface area contributed by atoms with Crippen molar-refractivity contribution in [1.29, 1.82) is 0 Å². The quantitative estimate of drug-likeness (QED) is 0.429. The van der Waals surface area contributed by atoms with Crippen molar-refractivity contribution in [2.45, 2.75) is 6.18 Å². The first-order valence-electron chi connectivity index (χ1n) is 9.99. The Morgan fingerprint density at radius 3 is 2.50 bits per heavy atom. The summed E-state index contributed by atoms with van der Waals surface area (Å²) in [5.74, 6) is -0.570. The predicted molar refractivity (Wildman–Crippen MR) is 119 cm³/mol. The molecule has 0 atom stereocenters. The number of amides is 2. The van der Waals surface area contributed by atoms with Crippen LogP contribution >= 0.6 is 0 Å². The lowest BCUT2D eigenvalue weighted by Gasteiger charge is -2.12. The molecule has 0 unspecified atom stereocenters. The summed E-state index contributed by atoms with van der Waals surface area (Å²) >= 11 is 0. The molecule has 7 nitrogen and oxygen atoms in total. The zero-order valence-electron chi connectivity index (χ0n) is 17.7. The Morgan fingerprint density at radius 2 is 1.74 bits per heavy atom. The monoisotopic (exact) mass is 466 g/mol. The van der Waals surface area contributed by atoms with Crippen LogP contribution in [0.1, 0.15) is 26.4 Å². The maximum atomic E-state index is 13.0. The number of anilines is 1. The minimum atomic E-state index is -4.51. The third kappa shape index (κ3) is 4.96. The molecule has 0 spiro atoms. The highest BCUT2D eigenvalue weighted by Gasteiger charge is 2.30. The number of alkyl halides is 3. The van der Waals surface area contributed by atoms with Crippen molar-refractivity contribution in [3.05, 3.63) is 89.7 Å². The SMILES string of the molecule is CNC(=O)c1ccnc(Oc2ccc3c(C(=O)Nc4cccc(C(F)(F)F)c4)cccc3c2)n1. The van der Waals surface area contributed by atoms with Gasteiger partial charge in [0.1, 0.15) is 11.4 Å². The van der Waals surface area contributed by atoms with Gasteiger partial charge in [-0.15, -0.1) is 0 Å².